The van der Waals surface area contributed by atoms with E-state index in [1.54, 1.807) is 80.8 Å². The van der Waals surface area contributed by atoms with Crippen LogP contribution in [0, 0.1) is 0 Å². The number of carbonyl (C=O) groups excluding carboxylic acids is 2. The van der Waals surface area contributed by atoms with Gasteiger partial charge in [-0.2, -0.15) is 0 Å². The molecule has 3 rings (SSSR count). The van der Waals surface area contributed by atoms with Gasteiger partial charge < -0.3 is 9.80 Å². The van der Waals surface area contributed by atoms with Crippen LogP contribution >= 0.6 is 23.2 Å². The van der Waals surface area contributed by atoms with Gasteiger partial charge in [-0.25, -0.2) is 8.42 Å². The van der Waals surface area contributed by atoms with E-state index in [4.69, 9.17) is 23.2 Å². The summed E-state index contributed by atoms with van der Waals surface area (Å²) in [6, 6.07) is 18.7. The van der Waals surface area contributed by atoms with Crippen LogP contribution in [0.25, 0.3) is 0 Å². The predicted octanol–water partition coefficient (Wildman–Crippen LogP) is 4.82. The first-order valence-corrected chi connectivity index (χ1v) is 13.1. The van der Waals surface area contributed by atoms with Crippen molar-refractivity contribution in [1.82, 2.24) is 4.90 Å². The molecule has 0 aliphatic heterocycles. The van der Waals surface area contributed by atoms with E-state index in [1.165, 1.54) is 14.1 Å². The summed E-state index contributed by atoms with van der Waals surface area (Å²) in [5, 5.41) is 0.638. The first-order chi connectivity index (χ1) is 16.5. The number of rotatable bonds is 9. The number of hydrogen-bond donors (Lipinski definition) is 0. The third kappa shape index (κ3) is 6.54. The summed E-state index contributed by atoms with van der Waals surface area (Å²) in [5.41, 5.74) is 2.97. The average Bonchev–Trinajstić information content (AvgIpc) is 2.83. The second-order valence-electron chi connectivity index (χ2n) is 8.13. The Balaban J connectivity index is 1.81. The smallest absolute Gasteiger partial charge is 0.253 e. The van der Waals surface area contributed by atoms with Gasteiger partial charge in [-0.3, -0.25) is 13.9 Å². The molecular formula is C25H25Cl2N3O4S. The lowest BCUT2D eigenvalue weighted by Crippen LogP contribution is -2.29. The Morgan fingerprint density at radius 2 is 1.49 bits per heavy atom. The lowest BCUT2D eigenvalue weighted by atomic mass is 10.1. The van der Waals surface area contributed by atoms with E-state index in [-0.39, 0.29) is 19.0 Å². The summed E-state index contributed by atoms with van der Waals surface area (Å²) in [5.74, 6) is -0.103. The zero-order valence-electron chi connectivity index (χ0n) is 19.5. The molecule has 0 heterocycles. The molecule has 3 aromatic carbocycles. The number of amides is 2. The first-order valence-electron chi connectivity index (χ1n) is 10.5. The number of hydrogen-bond acceptors (Lipinski definition) is 4. The molecule has 184 valence electrons. The minimum Gasteiger partial charge on any atom is -0.345 e. The molecule has 7 nitrogen and oxygen atoms in total. The van der Waals surface area contributed by atoms with Crippen molar-refractivity contribution >= 4 is 56.9 Å². The van der Waals surface area contributed by atoms with Crippen LogP contribution in [0.3, 0.4) is 0 Å². The number of benzene rings is 3. The molecule has 0 atom stereocenters. The van der Waals surface area contributed by atoms with E-state index in [2.05, 4.69) is 0 Å². The molecular weight excluding hydrogens is 509 g/mol. The van der Waals surface area contributed by atoms with Gasteiger partial charge in [0.2, 0.25) is 16.4 Å². The Morgan fingerprint density at radius 1 is 0.886 bits per heavy atom. The van der Waals surface area contributed by atoms with Crippen molar-refractivity contribution in [1.29, 1.82) is 0 Å². The van der Waals surface area contributed by atoms with Gasteiger partial charge in [-0.1, -0.05) is 47.5 Å². The van der Waals surface area contributed by atoms with Gasteiger partial charge in [0.05, 0.1) is 35.1 Å². The molecule has 0 radical (unpaired) electrons. The van der Waals surface area contributed by atoms with Crippen LogP contribution in [-0.2, 0) is 27.9 Å². The zero-order valence-corrected chi connectivity index (χ0v) is 21.8. The molecule has 0 spiro atoms. The van der Waals surface area contributed by atoms with Crippen molar-refractivity contribution in [3.63, 3.8) is 0 Å². The van der Waals surface area contributed by atoms with Crippen molar-refractivity contribution in [2.45, 2.75) is 13.1 Å². The third-order valence-electron chi connectivity index (χ3n) is 5.30. The maximum Gasteiger partial charge on any atom is 0.253 e. The van der Waals surface area contributed by atoms with Crippen LogP contribution in [-0.4, -0.2) is 46.0 Å². The molecule has 0 saturated carbocycles. The van der Waals surface area contributed by atoms with Crippen LogP contribution < -0.4 is 9.21 Å². The first kappa shape index (κ1) is 26.5. The van der Waals surface area contributed by atoms with Gasteiger partial charge in [0.1, 0.15) is 0 Å². The minimum atomic E-state index is -3.63. The number of carbonyl (C=O) groups is 2. The van der Waals surface area contributed by atoms with E-state index in [9.17, 15) is 18.0 Å². The van der Waals surface area contributed by atoms with Crippen LogP contribution in [0.2, 0.25) is 10.0 Å². The van der Waals surface area contributed by atoms with E-state index < -0.39 is 10.0 Å². The summed E-state index contributed by atoms with van der Waals surface area (Å²) < 4.78 is 26.3. The molecule has 10 heteroatoms. The summed E-state index contributed by atoms with van der Waals surface area (Å²) in [7, 11) is -0.267. The predicted molar refractivity (Wildman–Crippen MR) is 141 cm³/mol. The quantitative estimate of drug-likeness (QED) is 0.369. The lowest BCUT2D eigenvalue weighted by Gasteiger charge is -2.24. The van der Waals surface area contributed by atoms with Gasteiger partial charge in [0.15, 0.2) is 0 Å². The van der Waals surface area contributed by atoms with Crippen LogP contribution in [0.4, 0.5) is 11.4 Å². The Labute approximate surface area is 215 Å². The number of sulfonamides is 1. The molecule has 3 aromatic rings. The minimum absolute atomic E-state index is 0.00693. The molecule has 0 aliphatic carbocycles. The molecule has 0 fully saturated rings. The fourth-order valence-corrected chi connectivity index (χ4v) is 4.69. The summed E-state index contributed by atoms with van der Waals surface area (Å²) in [4.78, 5) is 26.8. The highest BCUT2D eigenvalue weighted by Crippen LogP contribution is 2.30. The van der Waals surface area contributed by atoms with Crippen molar-refractivity contribution in [3.8, 4) is 0 Å². The van der Waals surface area contributed by atoms with Crippen molar-refractivity contribution in [2.75, 3.05) is 29.6 Å². The number of nitrogens with zero attached hydrogens (tertiary/aromatic N) is 3. The zero-order chi connectivity index (χ0) is 25.8. The van der Waals surface area contributed by atoms with Gasteiger partial charge in [-0.05, 0) is 53.6 Å². The van der Waals surface area contributed by atoms with E-state index >= 15 is 0 Å². The van der Waals surface area contributed by atoms with Crippen LogP contribution in [0.15, 0.2) is 66.7 Å². The van der Waals surface area contributed by atoms with Gasteiger partial charge in [0, 0.05) is 25.3 Å². The fourth-order valence-electron chi connectivity index (χ4n) is 3.43. The molecule has 0 aliphatic rings. The second-order valence-corrected chi connectivity index (χ2v) is 10.8. The van der Waals surface area contributed by atoms with E-state index in [1.807, 2.05) is 0 Å². The highest BCUT2D eigenvalue weighted by molar-refractivity contribution is 7.92. The van der Waals surface area contributed by atoms with E-state index in [0.29, 0.717) is 39.0 Å². The maximum absolute atomic E-state index is 12.5. The van der Waals surface area contributed by atoms with E-state index in [0.717, 1.165) is 11.8 Å². The average molecular weight is 534 g/mol. The molecule has 35 heavy (non-hydrogen) atoms. The Morgan fingerprint density at radius 3 is 2.03 bits per heavy atom. The van der Waals surface area contributed by atoms with Crippen LogP contribution in [0.1, 0.15) is 21.5 Å². The largest absolute Gasteiger partial charge is 0.345 e. The van der Waals surface area contributed by atoms with Gasteiger partial charge in [0.25, 0.3) is 5.91 Å². The summed E-state index contributed by atoms with van der Waals surface area (Å²) in [6.07, 6.45) is 1.82. The molecule has 0 aromatic heterocycles. The van der Waals surface area contributed by atoms with Gasteiger partial charge >= 0.3 is 0 Å². The fraction of sp³-hybridized carbons (Fsp3) is 0.200. The topological polar surface area (TPSA) is 78.0 Å². The SMILES string of the molecule is CN(C)C(=O)c1ccc(CN(C=O)c2ccc(N(Cc3cccc(Cl)c3Cl)S(C)(=O)=O)cc2)cc1. The van der Waals surface area contributed by atoms with Gasteiger partial charge in [-0.15, -0.1) is 0 Å². The Bertz CT molecular complexity index is 1310. The van der Waals surface area contributed by atoms with Crippen molar-refractivity contribution in [2.24, 2.45) is 0 Å². The van der Waals surface area contributed by atoms with Crippen molar-refractivity contribution in [3.05, 3.63) is 93.5 Å². The second kappa shape index (κ2) is 11.1. The highest BCUT2D eigenvalue weighted by Gasteiger charge is 2.20. The maximum atomic E-state index is 12.5. The molecule has 2 amide bonds. The lowest BCUT2D eigenvalue weighted by molar-refractivity contribution is -0.107. The highest BCUT2D eigenvalue weighted by atomic mass is 35.5. The molecule has 0 N–H and O–H groups in total. The Hall–Kier alpha value is -3.07. The Kier molecular flexibility index (Phi) is 8.43. The monoisotopic (exact) mass is 533 g/mol. The standard InChI is InChI=1S/C25H25Cl2N3O4S/c1-28(2)25(32)19-9-7-18(8-10-19)15-29(17-31)21-11-13-22(14-12-21)30(35(3,33)34)16-20-5-4-6-23(26)24(20)27/h4-14,17H,15-16H2,1-3H3. The third-order valence-corrected chi connectivity index (χ3v) is 7.30. The van der Waals surface area contributed by atoms with Crippen molar-refractivity contribution < 1.29 is 18.0 Å². The normalized spacial score (nSPS) is 11.1. The molecule has 0 bridgehead atoms. The summed E-state index contributed by atoms with van der Waals surface area (Å²) >= 11 is 12.3. The number of anilines is 2. The van der Waals surface area contributed by atoms with Crippen LogP contribution in [0.5, 0.6) is 0 Å². The number of halogens is 2. The summed E-state index contributed by atoms with van der Waals surface area (Å²) in [6.45, 7) is 0.292. The molecule has 0 unspecified atom stereocenters. The molecule has 0 saturated heterocycles.